The molecule has 0 aliphatic heterocycles. The van der Waals surface area contributed by atoms with Gasteiger partial charge in [-0.3, -0.25) is 9.59 Å². The minimum Gasteiger partial charge on any atom is -0.507 e. The fourth-order valence-electron chi connectivity index (χ4n) is 2.38. The minimum absolute atomic E-state index is 0.0500. The molecule has 0 atom stereocenters. The Morgan fingerprint density at radius 2 is 1.83 bits per heavy atom. The Labute approximate surface area is 167 Å². The second-order valence-corrected chi connectivity index (χ2v) is 7.77. The molecule has 0 spiro atoms. The van der Waals surface area contributed by atoms with Crippen molar-refractivity contribution in [3.05, 3.63) is 53.6 Å². The maximum atomic E-state index is 12.3. The number of rotatable bonds is 8. The average molecular weight is 420 g/mol. The van der Waals surface area contributed by atoms with E-state index in [1.54, 1.807) is 0 Å². The molecule has 0 fully saturated rings. The lowest BCUT2D eigenvalue weighted by Gasteiger charge is -2.09. The van der Waals surface area contributed by atoms with Crippen molar-refractivity contribution in [2.75, 3.05) is 19.0 Å². The van der Waals surface area contributed by atoms with E-state index in [1.807, 2.05) is 0 Å². The molecular weight excluding hydrogens is 400 g/mol. The number of hydrogen-bond acceptors (Lipinski definition) is 7. The van der Waals surface area contributed by atoms with Crippen molar-refractivity contribution in [2.45, 2.75) is 18.2 Å². The molecule has 1 amide bonds. The molecule has 0 saturated carbocycles. The monoisotopic (exact) mass is 420 g/mol. The number of ether oxygens (including phenoxy) is 1. The molecule has 2 rings (SSSR count). The summed E-state index contributed by atoms with van der Waals surface area (Å²) in [6.07, 6.45) is -0.175. The Kier molecular flexibility index (Phi) is 7.08. The van der Waals surface area contributed by atoms with E-state index in [0.29, 0.717) is 0 Å². The summed E-state index contributed by atoms with van der Waals surface area (Å²) in [5, 5.41) is 12.3. The molecule has 0 unspecified atom stereocenters. The molecule has 2 aromatic rings. The lowest BCUT2D eigenvalue weighted by atomic mass is 10.2. The summed E-state index contributed by atoms with van der Waals surface area (Å²) in [6.45, 7) is 1.16. The zero-order valence-electron chi connectivity index (χ0n) is 15.8. The summed E-state index contributed by atoms with van der Waals surface area (Å²) in [4.78, 5) is 34.7. The number of nitrogens with one attached hydrogen (secondary N) is 2. The highest BCUT2D eigenvalue weighted by Gasteiger charge is 2.16. The minimum atomic E-state index is -3.88. The molecule has 2 aromatic carbocycles. The highest BCUT2D eigenvalue weighted by molar-refractivity contribution is 7.89. The van der Waals surface area contributed by atoms with Crippen molar-refractivity contribution in [3.8, 4) is 5.75 Å². The summed E-state index contributed by atoms with van der Waals surface area (Å²) in [5.41, 5.74) is 0.448. The smallest absolute Gasteiger partial charge is 0.341 e. The highest BCUT2D eigenvalue weighted by atomic mass is 32.2. The van der Waals surface area contributed by atoms with Crippen LogP contribution in [0.15, 0.2) is 47.4 Å². The van der Waals surface area contributed by atoms with E-state index >= 15 is 0 Å². The van der Waals surface area contributed by atoms with Gasteiger partial charge in [0.15, 0.2) is 5.78 Å². The Morgan fingerprint density at radius 1 is 1.10 bits per heavy atom. The topological polar surface area (TPSA) is 139 Å². The van der Waals surface area contributed by atoms with Gasteiger partial charge >= 0.3 is 5.97 Å². The van der Waals surface area contributed by atoms with E-state index in [2.05, 4.69) is 14.8 Å². The predicted molar refractivity (Wildman–Crippen MR) is 104 cm³/mol. The van der Waals surface area contributed by atoms with E-state index in [9.17, 15) is 27.9 Å². The predicted octanol–water partition coefficient (Wildman–Crippen LogP) is 1.69. The van der Waals surface area contributed by atoms with Gasteiger partial charge in [0.2, 0.25) is 15.9 Å². The molecule has 3 N–H and O–H groups in total. The number of carbonyl (C=O) groups is 3. The molecule has 29 heavy (non-hydrogen) atoms. The van der Waals surface area contributed by atoms with Gasteiger partial charge in [-0.15, -0.1) is 0 Å². The molecule has 0 aliphatic carbocycles. The van der Waals surface area contributed by atoms with Gasteiger partial charge in [-0.25, -0.2) is 17.9 Å². The molecular formula is C19H20N2O7S. The zero-order chi connectivity index (χ0) is 21.6. The molecule has 154 valence electrons. The highest BCUT2D eigenvalue weighted by Crippen LogP contribution is 2.22. The van der Waals surface area contributed by atoms with Gasteiger partial charge in [0.05, 0.1) is 12.0 Å². The van der Waals surface area contributed by atoms with Gasteiger partial charge in [-0.1, -0.05) is 12.1 Å². The van der Waals surface area contributed by atoms with E-state index in [4.69, 9.17) is 0 Å². The first-order valence-electron chi connectivity index (χ1n) is 8.46. The van der Waals surface area contributed by atoms with Crippen LogP contribution in [0, 0.1) is 0 Å². The Bertz CT molecular complexity index is 1050. The molecule has 0 aromatic heterocycles. The van der Waals surface area contributed by atoms with Crippen molar-refractivity contribution in [1.29, 1.82) is 0 Å². The first-order valence-corrected chi connectivity index (χ1v) is 9.94. The number of methoxy groups -OCH3 is 1. The summed E-state index contributed by atoms with van der Waals surface area (Å²) in [5.74, 6) is -1.84. The lowest BCUT2D eigenvalue weighted by molar-refractivity contribution is -0.116. The Hall–Kier alpha value is -3.24. The molecule has 0 aliphatic rings. The largest absolute Gasteiger partial charge is 0.507 e. The summed E-state index contributed by atoms with van der Waals surface area (Å²) < 4.78 is 31.4. The summed E-state index contributed by atoms with van der Waals surface area (Å²) in [6, 6.07) is 9.46. The second-order valence-electron chi connectivity index (χ2n) is 6.00. The number of sulfonamides is 1. The van der Waals surface area contributed by atoms with Crippen molar-refractivity contribution in [3.63, 3.8) is 0 Å². The van der Waals surface area contributed by atoms with Crippen molar-refractivity contribution < 1.29 is 32.6 Å². The number of ketones is 1. The van der Waals surface area contributed by atoms with Crippen molar-refractivity contribution in [2.24, 2.45) is 0 Å². The lowest BCUT2D eigenvalue weighted by Crippen LogP contribution is -2.28. The molecule has 9 nitrogen and oxygen atoms in total. The van der Waals surface area contributed by atoms with Crippen LogP contribution < -0.4 is 10.0 Å². The van der Waals surface area contributed by atoms with Gasteiger partial charge in [-0.05, 0) is 31.2 Å². The molecule has 0 radical (unpaired) electrons. The number of phenolic OH excluding ortho intramolecular Hbond substituents is 1. The summed E-state index contributed by atoms with van der Waals surface area (Å²) in [7, 11) is -2.71. The van der Waals surface area contributed by atoms with Gasteiger partial charge in [0, 0.05) is 30.3 Å². The van der Waals surface area contributed by atoms with Crippen LogP contribution in [0.25, 0.3) is 0 Å². The standard InChI is InChI=1S/C19H20N2O7S/c1-12(22)13-4-3-5-15(10-13)29(26,27)20-9-8-18(24)21-14-6-7-16(17(23)11-14)19(25)28-2/h3-7,10-11,20,23H,8-9H2,1-2H3,(H,21,24). The third-order valence-electron chi connectivity index (χ3n) is 3.88. The van der Waals surface area contributed by atoms with Gasteiger partial charge in [0.25, 0.3) is 0 Å². The average Bonchev–Trinajstić information content (AvgIpc) is 2.67. The maximum absolute atomic E-state index is 12.3. The number of Topliss-reactive ketones (excluding diaryl/α,β-unsaturated/α-hetero) is 1. The normalized spacial score (nSPS) is 11.0. The third-order valence-corrected chi connectivity index (χ3v) is 5.34. The number of amides is 1. The van der Waals surface area contributed by atoms with E-state index in [0.717, 1.165) is 0 Å². The van der Waals surface area contributed by atoms with Crippen molar-refractivity contribution in [1.82, 2.24) is 4.72 Å². The first kappa shape index (κ1) is 22.1. The van der Waals surface area contributed by atoms with Crippen LogP contribution in [0.1, 0.15) is 34.1 Å². The van der Waals surface area contributed by atoms with Crippen LogP contribution in [0.4, 0.5) is 5.69 Å². The Morgan fingerprint density at radius 3 is 2.45 bits per heavy atom. The van der Waals surface area contributed by atoms with E-state index in [1.165, 1.54) is 56.5 Å². The Balaban J connectivity index is 1.94. The molecule has 0 bridgehead atoms. The van der Waals surface area contributed by atoms with Crippen LogP contribution >= 0.6 is 0 Å². The van der Waals surface area contributed by atoms with Gasteiger partial charge in [-0.2, -0.15) is 0 Å². The summed E-state index contributed by atoms with van der Waals surface area (Å²) >= 11 is 0. The van der Waals surface area contributed by atoms with Crippen molar-refractivity contribution >= 4 is 33.4 Å². The third kappa shape index (κ3) is 5.87. The van der Waals surface area contributed by atoms with Crippen LogP contribution in [0.5, 0.6) is 5.75 Å². The van der Waals surface area contributed by atoms with Crippen LogP contribution in [-0.4, -0.2) is 44.8 Å². The number of anilines is 1. The number of esters is 1. The van der Waals surface area contributed by atoms with Crippen LogP contribution in [-0.2, 0) is 19.6 Å². The molecule has 0 heterocycles. The number of carbonyl (C=O) groups excluding carboxylic acids is 3. The van der Waals surface area contributed by atoms with E-state index in [-0.39, 0.29) is 46.2 Å². The fourth-order valence-corrected chi connectivity index (χ4v) is 3.46. The SMILES string of the molecule is COC(=O)c1ccc(NC(=O)CCNS(=O)(=O)c2cccc(C(C)=O)c2)cc1O. The second kappa shape index (κ2) is 9.30. The number of hydrogen-bond donors (Lipinski definition) is 3. The number of benzene rings is 2. The van der Waals surface area contributed by atoms with Crippen LogP contribution in [0.3, 0.4) is 0 Å². The zero-order valence-corrected chi connectivity index (χ0v) is 16.6. The fraction of sp³-hybridized carbons (Fsp3) is 0.211. The number of phenols is 1. The van der Waals surface area contributed by atoms with Gasteiger partial charge in [0.1, 0.15) is 11.3 Å². The van der Waals surface area contributed by atoms with Gasteiger partial charge < -0.3 is 15.2 Å². The molecule has 10 heteroatoms. The molecule has 0 saturated heterocycles. The maximum Gasteiger partial charge on any atom is 0.341 e. The quantitative estimate of drug-likeness (QED) is 0.436. The van der Waals surface area contributed by atoms with E-state index < -0.39 is 21.9 Å². The number of aromatic hydroxyl groups is 1. The van der Waals surface area contributed by atoms with Crippen LogP contribution in [0.2, 0.25) is 0 Å². The first-order chi connectivity index (χ1) is 13.6.